The summed E-state index contributed by atoms with van der Waals surface area (Å²) in [5.41, 5.74) is 0.561. The molecule has 1 aliphatic heterocycles. The van der Waals surface area contributed by atoms with E-state index in [0.29, 0.717) is 12.1 Å². The minimum Gasteiger partial charge on any atom is -0.387 e. The number of aliphatic hydroxyl groups is 1. The lowest BCUT2D eigenvalue weighted by molar-refractivity contribution is 0.139. The number of hydrogen-bond donors (Lipinski definition) is 1. The maximum Gasteiger partial charge on any atom is 0.141 e. The molecule has 1 aromatic heterocycles. The van der Waals surface area contributed by atoms with Crippen molar-refractivity contribution in [3.05, 3.63) is 29.8 Å². The monoisotopic (exact) mass is 252 g/mol. The number of likely N-dealkylation sites (tertiary alicyclic amines) is 1. The highest BCUT2D eigenvalue weighted by Gasteiger charge is 2.13. The van der Waals surface area contributed by atoms with E-state index in [9.17, 15) is 9.50 Å². The van der Waals surface area contributed by atoms with Gasteiger partial charge in [0.25, 0.3) is 0 Å². The van der Waals surface area contributed by atoms with E-state index < -0.39 is 6.10 Å². The molecule has 0 spiro atoms. The van der Waals surface area contributed by atoms with Crippen LogP contribution < -0.4 is 0 Å². The molecule has 0 radical (unpaired) electrons. The van der Waals surface area contributed by atoms with Gasteiger partial charge in [-0.2, -0.15) is 0 Å². The summed E-state index contributed by atoms with van der Waals surface area (Å²) in [5.74, 6) is -0.363. The normalized spacial score (nSPS) is 19.4. The largest absolute Gasteiger partial charge is 0.387 e. The molecule has 0 bridgehead atoms. The number of halogens is 1. The van der Waals surface area contributed by atoms with Gasteiger partial charge in [-0.15, -0.1) is 0 Å². The number of aliphatic hydroxyl groups excluding tert-OH is 1. The van der Waals surface area contributed by atoms with Crippen LogP contribution in [0.1, 0.15) is 43.9 Å². The van der Waals surface area contributed by atoms with Crippen LogP contribution in [0, 0.1) is 5.82 Å². The smallest absolute Gasteiger partial charge is 0.141 e. The number of nitrogens with zero attached hydrogens (tertiary/aromatic N) is 2. The van der Waals surface area contributed by atoms with Crippen molar-refractivity contribution in [2.24, 2.45) is 0 Å². The fourth-order valence-electron chi connectivity index (χ4n) is 2.40. The van der Waals surface area contributed by atoms with E-state index in [2.05, 4.69) is 9.88 Å². The molecule has 0 aromatic carbocycles. The maximum atomic E-state index is 12.7. The van der Waals surface area contributed by atoms with E-state index in [4.69, 9.17) is 0 Å². The second kappa shape index (κ2) is 6.81. The Morgan fingerprint density at radius 1 is 1.22 bits per heavy atom. The summed E-state index contributed by atoms with van der Waals surface area (Å²) in [6, 6.07) is 2.90. The van der Waals surface area contributed by atoms with Crippen molar-refractivity contribution in [3.63, 3.8) is 0 Å². The Kier molecular flexibility index (Phi) is 5.08. The van der Waals surface area contributed by atoms with Crippen LogP contribution in [0.25, 0.3) is 0 Å². The molecular weight excluding hydrogens is 231 g/mol. The Bertz CT molecular complexity index is 347. The lowest BCUT2D eigenvalue weighted by Gasteiger charge is -2.21. The highest BCUT2D eigenvalue weighted by atomic mass is 19.1. The van der Waals surface area contributed by atoms with Gasteiger partial charge < -0.3 is 10.0 Å². The van der Waals surface area contributed by atoms with Gasteiger partial charge in [0.15, 0.2) is 0 Å². The van der Waals surface area contributed by atoms with Crippen molar-refractivity contribution in [1.29, 1.82) is 0 Å². The summed E-state index contributed by atoms with van der Waals surface area (Å²) < 4.78 is 12.7. The maximum absolute atomic E-state index is 12.7. The van der Waals surface area contributed by atoms with Gasteiger partial charge in [-0.25, -0.2) is 4.39 Å². The molecule has 1 atom stereocenters. The zero-order valence-electron chi connectivity index (χ0n) is 10.7. The van der Waals surface area contributed by atoms with Gasteiger partial charge in [0.05, 0.1) is 18.0 Å². The average molecular weight is 252 g/mol. The molecule has 1 aromatic rings. The zero-order valence-corrected chi connectivity index (χ0v) is 10.7. The Morgan fingerprint density at radius 2 is 1.94 bits per heavy atom. The number of rotatable bonds is 4. The van der Waals surface area contributed by atoms with Crippen molar-refractivity contribution in [3.8, 4) is 0 Å². The van der Waals surface area contributed by atoms with Crippen LogP contribution in [0.3, 0.4) is 0 Å². The van der Waals surface area contributed by atoms with Gasteiger partial charge in [-0.3, -0.25) is 4.98 Å². The molecule has 3 nitrogen and oxygen atoms in total. The van der Waals surface area contributed by atoms with Crippen LogP contribution in [-0.2, 0) is 0 Å². The molecule has 1 N–H and O–H groups in total. The first kappa shape index (κ1) is 13.4. The van der Waals surface area contributed by atoms with Gasteiger partial charge in [0, 0.05) is 6.54 Å². The molecule has 100 valence electrons. The fraction of sp³-hybridized carbons (Fsp3) is 0.643. The molecule has 1 unspecified atom stereocenters. The van der Waals surface area contributed by atoms with Crippen molar-refractivity contribution >= 4 is 0 Å². The van der Waals surface area contributed by atoms with E-state index >= 15 is 0 Å². The van der Waals surface area contributed by atoms with Gasteiger partial charge >= 0.3 is 0 Å². The fourth-order valence-corrected chi connectivity index (χ4v) is 2.40. The third-order valence-electron chi connectivity index (χ3n) is 3.51. The molecule has 0 amide bonds. The number of aromatic nitrogens is 1. The first-order valence-corrected chi connectivity index (χ1v) is 6.77. The molecular formula is C14H21FN2O. The van der Waals surface area contributed by atoms with Crippen molar-refractivity contribution < 1.29 is 9.50 Å². The van der Waals surface area contributed by atoms with Gasteiger partial charge in [-0.1, -0.05) is 12.8 Å². The summed E-state index contributed by atoms with van der Waals surface area (Å²) in [5, 5.41) is 10.0. The van der Waals surface area contributed by atoms with E-state index in [0.717, 1.165) is 25.8 Å². The van der Waals surface area contributed by atoms with E-state index in [1.54, 1.807) is 6.07 Å². The third-order valence-corrected chi connectivity index (χ3v) is 3.51. The summed E-state index contributed by atoms with van der Waals surface area (Å²) in [7, 11) is 0. The molecule has 2 rings (SSSR count). The Labute approximate surface area is 108 Å². The van der Waals surface area contributed by atoms with Crippen LogP contribution in [-0.4, -0.2) is 34.6 Å². The molecule has 0 saturated carbocycles. The van der Waals surface area contributed by atoms with Gasteiger partial charge in [-0.05, 0) is 44.5 Å². The average Bonchev–Trinajstić information content (AvgIpc) is 2.65. The highest BCUT2D eigenvalue weighted by molar-refractivity contribution is 5.07. The van der Waals surface area contributed by atoms with Crippen molar-refractivity contribution in [1.82, 2.24) is 9.88 Å². The number of hydrogen-bond acceptors (Lipinski definition) is 3. The summed E-state index contributed by atoms with van der Waals surface area (Å²) in [6.45, 7) is 3.15. The van der Waals surface area contributed by atoms with Crippen LogP contribution in [0.15, 0.2) is 18.3 Å². The van der Waals surface area contributed by atoms with Crippen LogP contribution >= 0.6 is 0 Å². The molecule has 0 aliphatic carbocycles. The minimum atomic E-state index is -0.589. The lowest BCUT2D eigenvalue weighted by Crippen LogP contribution is -2.27. The molecule has 1 fully saturated rings. The Hall–Kier alpha value is -1.00. The third kappa shape index (κ3) is 4.03. The Balaban J connectivity index is 1.80. The minimum absolute atomic E-state index is 0.363. The standard InChI is InChI=1S/C14H21FN2O/c15-12-5-6-13(16-11-12)14(18)7-10-17-8-3-1-2-4-9-17/h5-6,11,14,18H,1-4,7-10H2. The molecule has 1 saturated heterocycles. The molecule has 4 heteroatoms. The van der Waals surface area contributed by atoms with Gasteiger partial charge in [0.1, 0.15) is 5.82 Å². The van der Waals surface area contributed by atoms with E-state index in [1.807, 2.05) is 0 Å². The lowest BCUT2D eigenvalue weighted by atomic mass is 10.1. The van der Waals surface area contributed by atoms with Crippen LogP contribution in [0.5, 0.6) is 0 Å². The SMILES string of the molecule is OC(CCN1CCCCCC1)c1ccc(F)cn1. The summed E-state index contributed by atoms with van der Waals surface area (Å²) >= 11 is 0. The first-order chi connectivity index (χ1) is 8.75. The predicted molar refractivity (Wildman–Crippen MR) is 68.7 cm³/mol. The zero-order chi connectivity index (χ0) is 12.8. The van der Waals surface area contributed by atoms with Crippen LogP contribution in [0.2, 0.25) is 0 Å². The van der Waals surface area contributed by atoms with E-state index in [-0.39, 0.29) is 5.82 Å². The summed E-state index contributed by atoms with van der Waals surface area (Å²) in [6.07, 6.45) is 6.38. The second-order valence-corrected chi connectivity index (χ2v) is 4.96. The van der Waals surface area contributed by atoms with Crippen molar-refractivity contribution in [2.45, 2.75) is 38.2 Å². The van der Waals surface area contributed by atoms with Gasteiger partial charge in [0.2, 0.25) is 0 Å². The predicted octanol–water partition coefficient (Wildman–Crippen LogP) is 2.52. The number of pyridine rings is 1. The Morgan fingerprint density at radius 3 is 2.56 bits per heavy atom. The highest BCUT2D eigenvalue weighted by Crippen LogP contribution is 2.16. The van der Waals surface area contributed by atoms with E-state index in [1.165, 1.54) is 31.7 Å². The second-order valence-electron chi connectivity index (χ2n) is 4.96. The van der Waals surface area contributed by atoms with Crippen LogP contribution in [0.4, 0.5) is 4.39 Å². The first-order valence-electron chi connectivity index (χ1n) is 6.77. The summed E-state index contributed by atoms with van der Waals surface area (Å²) in [4.78, 5) is 6.32. The topological polar surface area (TPSA) is 36.4 Å². The quantitative estimate of drug-likeness (QED) is 0.894. The van der Waals surface area contributed by atoms with Crippen molar-refractivity contribution in [2.75, 3.05) is 19.6 Å². The molecule has 2 heterocycles. The molecule has 1 aliphatic rings. The molecule has 18 heavy (non-hydrogen) atoms.